The summed E-state index contributed by atoms with van der Waals surface area (Å²) in [4.78, 5) is 14.5. The van der Waals surface area contributed by atoms with Crippen LogP contribution in [0.15, 0.2) is 30.3 Å². The van der Waals surface area contributed by atoms with Gasteiger partial charge < -0.3 is 5.73 Å². The molecule has 0 atom stereocenters. The van der Waals surface area contributed by atoms with Crippen LogP contribution in [-0.4, -0.2) is 5.78 Å². The van der Waals surface area contributed by atoms with Crippen molar-refractivity contribution in [2.75, 3.05) is 5.73 Å². The van der Waals surface area contributed by atoms with Crippen molar-refractivity contribution < 1.29 is 4.79 Å². The summed E-state index contributed by atoms with van der Waals surface area (Å²) in [6.07, 6.45) is 0. The highest BCUT2D eigenvalue weighted by Crippen LogP contribution is 2.31. The number of carbonyl (C=O) groups excluding carboxylic acids is 1. The molecule has 3 heteroatoms. The predicted molar refractivity (Wildman–Crippen MR) is 82.0 cm³/mol. The number of carbonyl (C=O) groups is 1. The van der Waals surface area contributed by atoms with Crippen molar-refractivity contribution in [3.63, 3.8) is 0 Å². The maximum Gasteiger partial charge on any atom is 0.205 e. The molecule has 2 nitrogen and oxygen atoms in total. The van der Waals surface area contributed by atoms with Crippen molar-refractivity contribution in [2.24, 2.45) is 0 Å². The van der Waals surface area contributed by atoms with Crippen LogP contribution in [0.5, 0.6) is 0 Å². The summed E-state index contributed by atoms with van der Waals surface area (Å²) in [5.74, 6) is 0.0155. The quantitative estimate of drug-likeness (QED) is 0.659. The largest absolute Gasteiger partial charge is 0.398 e. The van der Waals surface area contributed by atoms with Gasteiger partial charge in [0.25, 0.3) is 0 Å². The summed E-state index contributed by atoms with van der Waals surface area (Å²) in [5, 5.41) is 0. The molecule has 19 heavy (non-hydrogen) atoms. The molecule has 0 unspecified atom stereocenters. The van der Waals surface area contributed by atoms with Crippen molar-refractivity contribution in [1.82, 2.24) is 0 Å². The van der Waals surface area contributed by atoms with Crippen molar-refractivity contribution >= 4 is 22.8 Å². The van der Waals surface area contributed by atoms with Gasteiger partial charge in [-0.15, -0.1) is 11.3 Å². The highest BCUT2D eigenvalue weighted by molar-refractivity contribution is 7.14. The van der Waals surface area contributed by atoms with E-state index in [4.69, 9.17) is 5.73 Å². The minimum atomic E-state index is 0.0155. The molecule has 0 aliphatic carbocycles. The first-order valence-electron chi connectivity index (χ1n) is 6.31. The number of rotatable bonds is 2. The molecule has 0 aliphatic rings. The van der Waals surface area contributed by atoms with Gasteiger partial charge in [-0.3, -0.25) is 4.79 Å². The lowest BCUT2D eigenvalue weighted by Gasteiger charge is -2.15. The molecule has 1 aromatic heterocycles. The minimum absolute atomic E-state index is 0.0155. The van der Waals surface area contributed by atoms with Crippen LogP contribution in [0.4, 0.5) is 5.69 Å². The van der Waals surface area contributed by atoms with Crippen LogP contribution >= 0.6 is 11.3 Å². The fraction of sp³-hybridized carbons (Fsp3) is 0.312. The maximum absolute atomic E-state index is 12.5. The molecule has 0 spiro atoms. The lowest BCUT2D eigenvalue weighted by Crippen LogP contribution is -2.08. The Morgan fingerprint density at radius 1 is 1.16 bits per heavy atom. The molecule has 0 saturated carbocycles. The van der Waals surface area contributed by atoms with Gasteiger partial charge in [0.05, 0.1) is 4.88 Å². The third-order valence-corrected chi connectivity index (χ3v) is 4.65. The Bertz CT molecular complexity index is 620. The smallest absolute Gasteiger partial charge is 0.205 e. The summed E-state index contributed by atoms with van der Waals surface area (Å²) in [5.41, 5.74) is 8.19. The number of nitrogen functional groups attached to an aromatic ring is 1. The van der Waals surface area contributed by atoms with E-state index in [9.17, 15) is 4.79 Å². The van der Waals surface area contributed by atoms with Crippen molar-refractivity contribution in [3.05, 3.63) is 51.2 Å². The number of ketones is 1. The molecule has 0 amide bonds. The Morgan fingerprint density at radius 2 is 1.84 bits per heavy atom. The van der Waals surface area contributed by atoms with Crippen LogP contribution in [0.25, 0.3) is 0 Å². The zero-order valence-electron chi connectivity index (χ0n) is 11.8. The predicted octanol–water partition coefficient (Wildman–Crippen LogP) is 4.17. The number of thiophene rings is 1. The first-order valence-corrected chi connectivity index (χ1v) is 7.12. The van der Waals surface area contributed by atoms with Crippen LogP contribution in [0.3, 0.4) is 0 Å². The molecule has 1 heterocycles. The number of benzene rings is 1. The number of nitrogens with two attached hydrogens (primary N) is 1. The van der Waals surface area contributed by atoms with Crippen LogP contribution in [0.2, 0.25) is 0 Å². The molecule has 2 rings (SSSR count). The van der Waals surface area contributed by atoms with Gasteiger partial charge >= 0.3 is 0 Å². The summed E-state index contributed by atoms with van der Waals surface area (Å²) in [6, 6.07) is 9.51. The third-order valence-electron chi connectivity index (χ3n) is 3.14. The van der Waals surface area contributed by atoms with Gasteiger partial charge in [0, 0.05) is 16.1 Å². The fourth-order valence-corrected chi connectivity index (χ4v) is 2.89. The molecule has 0 radical (unpaired) electrons. The summed E-state index contributed by atoms with van der Waals surface area (Å²) >= 11 is 1.55. The molecule has 0 fully saturated rings. The van der Waals surface area contributed by atoms with E-state index in [1.807, 2.05) is 31.2 Å². The average molecular weight is 273 g/mol. The Balaban J connectivity index is 2.40. The molecule has 2 aromatic rings. The Morgan fingerprint density at radius 3 is 2.42 bits per heavy atom. The Labute approximate surface area is 118 Å². The van der Waals surface area contributed by atoms with Crippen LogP contribution in [0, 0.1) is 6.92 Å². The van der Waals surface area contributed by atoms with E-state index in [1.165, 1.54) is 4.88 Å². The fourth-order valence-electron chi connectivity index (χ4n) is 1.87. The number of aryl methyl sites for hydroxylation is 1. The van der Waals surface area contributed by atoms with Gasteiger partial charge in [-0.05, 0) is 36.1 Å². The van der Waals surface area contributed by atoms with Crippen molar-refractivity contribution in [1.29, 1.82) is 0 Å². The van der Waals surface area contributed by atoms with Gasteiger partial charge in [-0.2, -0.15) is 0 Å². The van der Waals surface area contributed by atoms with Gasteiger partial charge in [-0.1, -0.05) is 32.9 Å². The first-order chi connectivity index (χ1) is 8.80. The second-order valence-corrected chi connectivity index (χ2v) is 6.86. The molecule has 0 saturated heterocycles. The van der Waals surface area contributed by atoms with Crippen molar-refractivity contribution in [3.8, 4) is 0 Å². The number of anilines is 1. The second-order valence-electron chi connectivity index (χ2n) is 5.78. The normalized spacial score (nSPS) is 11.6. The van der Waals surface area contributed by atoms with E-state index in [0.29, 0.717) is 11.3 Å². The molecule has 0 bridgehead atoms. The lowest BCUT2D eigenvalue weighted by atomic mass is 9.95. The van der Waals surface area contributed by atoms with E-state index in [1.54, 1.807) is 17.4 Å². The highest BCUT2D eigenvalue weighted by Gasteiger charge is 2.20. The summed E-state index contributed by atoms with van der Waals surface area (Å²) < 4.78 is 0. The van der Waals surface area contributed by atoms with E-state index in [2.05, 4.69) is 20.8 Å². The molecule has 100 valence electrons. The van der Waals surface area contributed by atoms with Gasteiger partial charge in [0.1, 0.15) is 0 Å². The topological polar surface area (TPSA) is 43.1 Å². The van der Waals surface area contributed by atoms with Gasteiger partial charge in [0.15, 0.2) is 0 Å². The zero-order chi connectivity index (χ0) is 14.2. The SMILES string of the molecule is Cc1cccc(C(=O)c2ccc(C(C)(C)C)s2)c1N. The zero-order valence-corrected chi connectivity index (χ0v) is 12.6. The van der Waals surface area contributed by atoms with E-state index >= 15 is 0 Å². The van der Waals surface area contributed by atoms with E-state index in [-0.39, 0.29) is 11.2 Å². The Hall–Kier alpha value is -1.61. The highest BCUT2D eigenvalue weighted by atomic mass is 32.1. The van der Waals surface area contributed by atoms with E-state index < -0.39 is 0 Å². The molecule has 1 aromatic carbocycles. The Kier molecular flexibility index (Phi) is 3.50. The van der Waals surface area contributed by atoms with Crippen LogP contribution < -0.4 is 5.73 Å². The van der Waals surface area contributed by atoms with Crippen LogP contribution in [-0.2, 0) is 5.41 Å². The maximum atomic E-state index is 12.5. The lowest BCUT2D eigenvalue weighted by molar-refractivity contribution is 0.104. The number of hydrogen-bond donors (Lipinski definition) is 1. The molecule has 2 N–H and O–H groups in total. The summed E-state index contributed by atoms with van der Waals surface area (Å²) in [7, 11) is 0. The minimum Gasteiger partial charge on any atom is -0.398 e. The van der Waals surface area contributed by atoms with Crippen LogP contribution in [0.1, 0.15) is 46.4 Å². The monoisotopic (exact) mass is 273 g/mol. The standard InChI is InChI=1S/C16H19NOS/c1-10-6-5-7-11(14(10)17)15(18)12-8-9-13(19-12)16(2,3)4/h5-9H,17H2,1-4H3. The summed E-state index contributed by atoms with van der Waals surface area (Å²) in [6.45, 7) is 8.36. The van der Waals surface area contributed by atoms with Gasteiger partial charge in [-0.25, -0.2) is 0 Å². The average Bonchev–Trinajstić information content (AvgIpc) is 2.81. The molecular formula is C16H19NOS. The number of hydrogen-bond acceptors (Lipinski definition) is 3. The third kappa shape index (κ3) is 2.71. The molecule has 0 aliphatic heterocycles. The second kappa shape index (κ2) is 4.82. The van der Waals surface area contributed by atoms with E-state index in [0.717, 1.165) is 10.4 Å². The number of para-hydroxylation sites is 1. The first kappa shape index (κ1) is 13.8. The van der Waals surface area contributed by atoms with Gasteiger partial charge in [0.2, 0.25) is 5.78 Å². The van der Waals surface area contributed by atoms with Crippen molar-refractivity contribution in [2.45, 2.75) is 33.1 Å². The molecular weight excluding hydrogens is 254 g/mol.